The maximum absolute atomic E-state index is 10.7. The summed E-state index contributed by atoms with van der Waals surface area (Å²) in [7, 11) is 0. The Hall–Kier alpha value is -1.58. The Morgan fingerprint density at radius 2 is 1.94 bits per heavy atom. The van der Waals surface area contributed by atoms with Crippen LogP contribution in [0.3, 0.4) is 0 Å². The lowest BCUT2D eigenvalue weighted by Crippen LogP contribution is -2.13. The van der Waals surface area contributed by atoms with Gasteiger partial charge in [0.25, 0.3) is 5.69 Å². The van der Waals surface area contributed by atoms with Crippen molar-refractivity contribution in [1.29, 1.82) is 0 Å². The van der Waals surface area contributed by atoms with Gasteiger partial charge in [0, 0.05) is 12.6 Å². The molecular formula is C12H18N2O2. The zero-order valence-electron chi connectivity index (χ0n) is 9.99. The molecule has 0 spiro atoms. The fourth-order valence-electron chi connectivity index (χ4n) is 1.35. The minimum Gasteiger partial charge on any atom is -0.379 e. The van der Waals surface area contributed by atoms with Gasteiger partial charge in [-0.05, 0) is 17.9 Å². The van der Waals surface area contributed by atoms with Gasteiger partial charge in [-0.15, -0.1) is 0 Å². The number of nitrogens with zero attached hydrogens (tertiary/aromatic N) is 1. The van der Waals surface area contributed by atoms with E-state index in [4.69, 9.17) is 0 Å². The number of para-hydroxylation sites is 2. The summed E-state index contributed by atoms with van der Waals surface area (Å²) >= 11 is 0. The molecule has 0 saturated heterocycles. The molecule has 0 atom stereocenters. The third-order valence-electron chi connectivity index (χ3n) is 2.29. The second kappa shape index (κ2) is 4.96. The topological polar surface area (TPSA) is 55.2 Å². The minimum absolute atomic E-state index is 0.136. The fourth-order valence-corrected chi connectivity index (χ4v) is 1.35. The summed E-state index contributed by atoms with van der Waals surface area (Å²) in [4.78, 5) is 10.4. The lowest BCUT2D eigenvalue weighted by Gasteiger charge is -2.18. The van der Waals surface area contributed by atoms with Gasteiger partial charge in [-0.25, -0.2) is 0 Å². The summed E-state index contributed by atoms with van der Waals surface area (Å²) in [5.74, 6) is 0. The largest absolute Gasteiger partial charge is 0.379 e. The molecule has 0 unspecified atom stereocenters. The second-order valence-corrected chi connectivity index (χ2v) is 5.01. The summed E-state index contributed by atoms with van der Waals surface area (Å²) in [6.07, 6.45) is 0.971. The monoisotopic (exact) mass is 222 g/mol. The normalized spacial score (nSPS) is 11.2. The Labute approximate surface area is 95.8 Å². The third-order valence-corrected chi connectivity index (χ3v) is 2.29. The van der Waals surface area contributed by atoms with E-state index in [2.05, 4.69) is 26.1 Å². The zero-order valence-corrected chi connectivity index (χ0v) is 9.99. The lowest BCUT2D eigenvalue weighted by atomic mass is 9.92. The van der Waals surface area contributed by atoms with Gasteiger partial charge in [0.05, 0.1) is 4.92 Å². The highest BCUT2D eigenvalue weighted by Crippen LogP contribution is 2.24. The molecule has 4 heteroatoms. The average Bonchev–Trinajstić information content (AvgIpc) is 2.16. The molecule has 16 heavy (non-hydrogen) atoms. The van der Waals surface area contributed by atoms with Crippen LogP contribution in [0.15, 0.2) is 24.3 Å². The van der Waals surface area contributed by atoms with Crippen molar-refractivity contribution in [2.75, 3.05) is 11.9 Å². The van der Waals surface area contributed by atoms with Crippen molar-refractivity contribution < 1.29 is 4.92 Å². The standard InChI is InChI=1S/C12H18N2O2/c1-12(2,3)8-9-13-10-6-4-5-7-11(10)14(15)16/h4-7,13H,8-9H2,1-3H3. The Morgan fingerprint density at radius 3 is 2.50 bits per heavy atom. The molecule has 88 valence electrons. The highest BCUT2D eigenvalue weighted by Gasteiger charge is 2.13. The number of benzene rings is 1. The van der Waals surface area contributed by atoms with Crippen LogP contribution in [0.1, 0.15) is 27.2 Å². The smallest absolute Gasteiger partial charge is 0.292 e. The summed E-state index contributed by atoms with van der Waals surface area (Å²) in [5.41, 5.74) is 0.962. The van der Waals surface area contributed by atoms with E-state index in [9.17, 15) is 10.1 Å². The molecule has 0 amide bonds. The number of hydrogen-bond acceptors (Lipinski definition) is 3. The number of hydrogen-bond donors (Lipinski definition) is 1. The van der Waals surface area contributed by atoms with Gasteiger partial charge < -0.3 is 5.32 Å². The van der Waals surface area contributed by atoms with Gasteiger partial charge in [0.1, 0.15) is 5.69 Å². The van der Waals surface area contributed by atoms with E-state index in [0.29, 0.717) is 5.69 Å². The Balaban J connectivity index is 2.64. The Morgan fingerprint density at radius 1 is 1.31 bits per heavy atom. The van der Waals surface area contributed by atoms with Crippen molar-refractivity contribution in [2.24, 2.45) is 5.41 Å². The molecule has 0 aromatic heterocycles. The molecule has 0 fully saturated rings. The molecule has 1 aromatic carbocycles. The van der Waals surface area contributed by atoms with Crippen molar-refractivity contribution in [3.05, 3.63) is 34.4 Å². The van der Waals surface area contributed by atoms with Crippen LogP contribution < -0.4 is 5.32 Å². The van der Waals surface area contributed by atoms with E-state index in [1.165, 1.54) is 6.07 Å². The maximum atomic E-state index is 10.7. The van der Waals surface area contributed by atoms with E-state index in [1.54, 1.807) is 18.2 Å². The van der Waals surface area contributed by atoms with Gasteiger partial charge in [-0.1, -0.05) is 32.9 Å². The summed E-state index contributed by atoms with van der Waals surface area (Å²) < 4.78 is 0. The molecule has 0 radical (unpaired) electrons. The number of nitrogens with one attached hydrogen (secondary N) is 1. The molecular weight excluding hydrogens is 204 g/mol. The van der Waals surface area contributed by atoms with E-state index >= 15 is 0 Å². The van der Waals surface area contributed by atoms with Gasteiger partial charge in [-0.2, -0.15) is 0 Å². The van der Waals surface area contributed by atoms with Crippen molar-refractivity contribution in [2.45, 2.75) is 27.2 Å². The van der Waals surface area contributed by atoms with E-state index in [1.807, 2.05) is 0 Å². The molecule has 0 bridgehead atoms. The SMILES string of the molecule is CC(C)(C)CCNc1ccccc1[N+](=O)[O-]. The molecule has 1 N–H and O–H groups in total. The van der Waals surface area contributed by atoms with Crippen LogP contribution in [0, 0.1) is 15.5 Å². The number of rotatable bonds is 4. The quantitative estimate of drug-likeness (QED) is 0.627. The first-order chi connectivity index (χ1) is 7.40. The molecule has 1 aromatic rings. The van der Waals surface area contributed by atoms with E-state index in [0.717, 1.165) is 13.0 Å². The van der Waals surface area contributed by atoms with Gasteiger partial charge in [0.2, 0.25) is 0 Å². The molecule has 0 heterocycles. The van der Waals surface area contributed by atoms with Gasteiger partial charge in [0.15, 0.2) is 0 Å². The predicted molar refractivity (Wildman–Crippen MR) is 65.7 cm³/mol. The third kappa shape index (κ3) is 3.88. The van der Waals surface area contributed by atoms with Crippen LogP contribution in [0.5, 0.6) is 0 Å². The highest BCUT2D eigenvalue weighted by atomic mass is 16.6. The number of anilines is 1. The number of nitro benzene ring substituents is 1. The molecule has 1 rings (SSSR count). The van der Waals surface area contributed by atoms with Crippen molar-refractivity contribution in [3.8, 4) is 0 Å². The Bertz CT molecular complexity index is 370. The molecule has 0 saturated carbocycles. The van der Waals surface area contributed by atoms with Crippen LogP contribution >= 0.6 is 0 Å². The van der Waals surface area contributed by atoms with Gasteiger partial charge >= 0.3 is 0 Å². The van der Waals surface area contributed by atoms with Crippen LogP contribution in [0.25, 0.3) is 0 Å². The predicted octanol–water partition coefficient (Wildman–Crippen LogP) is 3.44. The van der Waals surface area contributed by atoms with Crippen molar-refractivity contribution >= 4 is 11.4 Å². The molecule has 0 aliphatic rings. The van der Waals surface area contributed by atoms with Crippen molar-refractivity contribution in [1.82, 2.24) is 0 Å². The van der Waals surface area contributed by atoms with E-state index in [-0.39, 0.29) is 16.0 Å². The van der Waals surface area contributed by atoms with Crippen LogP contribution in [0.2, 0.25) is 0 Å². The van der Waals surface area contributed by atoms with Crippen molar-refractivity contribution in [3.63, 3.8) is 0 Å². The maximum Gasteiger partial charge on any atom is 0.292 e. The highest BCUT2D eigenvalue weighted by molar-refractivity contribution is 5.60. The average molecular weight is 222 g/mol. The Kier molecular flexibility index (Phi) is 3.88. The minimum atomic E-state index is -0.362. The molecule has 4 nitrogen and oxygen atoms in total. The first kappa shape index (κ1) is 12.5. The summed E-state index contributed by atoms with van der Waals surface area (Å²) in [5, 5.41) is 13.9. The summed E-state index contributed by atoms with van der Waals surface area (Å²) in [6.45, 7) is 7.19. The summed E-state index contributed by atoms with van der Waals surface area (Å²) in [6, 6.07) is 6.72. The lowest BCUT2D eigenvalue weighted by molar-refractivity contribution is -0.384. The van der Waals surface area contributed by atoms with Crippen LogP contribution in [-0.4, -0.2) is 11.5 Å². The second-order valence-electron chi connectivity index (χ2n) is 5.01. The van der Waals surface area contributed by atoms with Gasteiger partial charge in [-0.3, -0.25) is 10.1 Å². The van der Waals surface area contributed by atoms with Crippen LogP contribution in [-0.2, 0) is 0 Å². The van der Waals surface area contributed by atoms with E-state index < -0.39 is 0 Å². The first-order valence-electron chi connectivity index (χ1n) is 5.37. The molecule has 0 aliphatic heterocycles. The number of nitro groups is 1. The van der Waals surface area contributed by atoms with Crippen LogP contribution in [0.4, 0.5) is 11.4 Å². The zero-order chi connectivity index (χ0) is 12.2. The first-order valence-corrected chi connectivity index (χ1v) is 5.37. The fraction of sp³-hybridized carbons (Fsp3) is 0.500. The molecule has 0 aliphatic carbocycles.